The van der Waals surface area contributed by atoms with Crippen LogP contribution in [0, 0.1) is 0 Å². The summed E-state index contributed by atoms with van der Waals surface area (Å²) >= 11 is 0. The van der Waals surface area contributed by atoms with E-state index < -0.39 is 0 Å². The maximum Gasteiger partial charge on any atom is 0.163 e. The fraction of sp³-hybridized carbons (Fsp3) is 0.583. The van der Waals surface area contributed by atoms with Gasteiger partial charge in [0.05, 0.1) is 12.0 Å². The molecule has 0 radical (unpaired) electrons. The number of likely N-dealkylation sites (tertiary alicyclic amines) is 1. The van der Waals surface area contributed by atoms with Gasteiger partial charge in [-0.05, 0) is 13.5 Å². The van der Waals surface area contributed by atoms with E-state index in [2.05, 4.69) is 26.9 Å². The third kappa shape index (κ3) is 1.87. The van der Waals surface area contributed by atoms with E-state index in [-0.39, 0.29) is 6.04 Å². The molecule has 6 nitrogen and oxygen atoms in total. The normalized spacial score (nSPS) is 25.7. The van der Waals surface area contributed by atoms with Gasteiger partial charge in [-0.2, -0.15) is 0 Å². The van der Waals surface area contributed by atoms with Crippen LogP contribution in [0.4, 0.5) is 0 Å². The SMILES string of the molecule is CN1CC(N)CC(c2ncnc3c2ncn3C)C1. The first kappa shape index (κ1) is 11.6. The van der Waals surface area contributed by atoms with Gasteiger partial charge < -0.3 is 15.2 Å². The van der Waals surface area contributed by atoms with Crippen molar-refractivity contribution in [3.63, 3.8) is 0 Å². The highest BCUT2D eigenvalue weighted by Gasteiger charge is 2.27. The number of piperidine rings is 1. The Morgan fingerprint density at radius 1 is 1.22 bits per heavy atom. The molecule has 2 aromatic rings. The molecule has 1 fully saturated rings. The summed E-state index contributed by atoms with van der Waals surface area (Å²) in [6.45, 7) is 1.93. The molecule has 0 spiro atoms. The van der Waals surface area contributed by atoms with E-state index in [1.807, 2.05) is 11.6 Å². The van der Waals surface area contributed by atoms with Crippen LogP contribution in [0.5, 0.6) is 0 Å². The van der Waals surface area contributed by atoms with Crippen molar-refractivity contribution < 1.29 is 0 Å². The molecular formula is C12H18N6. The van der Waals surface area contributed by atoms with Gasteiger partial charge in [-0.1, -0.05) is 0 Å². The lowest BCUT2D eigenvalue weighted by Gasteiger charge is -2.33. The Labute approximate surface area is 106 Å². The predicted molar refractivity (Wildman–Crippen MR) is 69.1 cm³/mol. The highest BCUT2D eigenvalue weighted by Crippen LogP contribution is 2.28. The Morgan fingerprint density at radius 2 is 2.06 bits per heavy atom. The molecular weight excluding hydrogens is 228 g/mol. The van der Waals surface area contributed by atoms with Crippen LogP contribution in [-0.4, -0.2) is 50.6 Å². The number of nitrogens with two attached hydrogens (primary N) is 1. The zero-order chi connectivity index (χ0) is 12.7. The number of aryl methyl sites for hydroxylation is 1. The van der Waals surface area contributed by atoms with E-state index in [0.717, 1.165) is 36.4 Å². The van der Waals surface area contributed by atoms with Crippen molar-refractivity contribution in [1.29, 1.82) is 0 Å². The molecule has 2 unspecified atom stereocenters. The molecule has 0 bridgehead atoms. The van der Waals surface area contributed by atoms with E-state index in [0.29, 0.717) is 5.92 Å². The van der Waals surface area contributed by atoms with Crippen molar-refractivity contribution in [1.82, 2.24) is 24.4 Å². The van der Waals surface area contributed by atoms with E-state index in [9.17, 15) is 0 Å². The minimum absolute atomic E-state index is 0.211. The van der Waals surface area contributed by atoms with Gasteiger partial charge in [0.1, 0.15) is 11.8 Å². The summed E-state index contributed by atoms with van der Waals surface area (Å²) in [5.74, 6) is 0.346. The van der Waals surface area contributed by atoms with Crippen LogP contribution < -0.4 is 5.73 Å². The van der Waals surface area contributed by atoms with Gasteiger partial charge in [-0.15, -0.1) is 0 Å². The summed E-state index contributed by atoms with van der Waals surface area (Å²) in [5, 5.41) is 0. The van der Waals surface area contributed by atoms with E-state index in [1.165, 1.54) is 0 Å². The first-order valence-corrected chi connectivity index (χ1v) is 6.21. The quantitative estimate of drug-likeness (QED) is 0.773. The van der Waals surface area contributed by atoms with Crippen LogP contribution in [0.1, 0.15) is 18.0 Å². The summed E-state index contributed by atoms with van der Waals surface area (Å²) in [5.41, 5.74) is 8.92. The predicted octanol–water partition coefficient (Wildman–Crippen LogP) is 0.110. The van der Waals surface area contributed by atoms with Gasteiger partial charge in [0, 0.05) is 32.1 Å². The smallest absolute Gasteiger partial charge is 0.163 e. The summed E-state index contributed by atoms with van der Waals surface area (Å²) < 4.78 is 1.92. The van der Waals surface area contributed by atoms with E-state index >= 15 is 0 Å². The van der Waals surface area contributed by atoms with E-state index in [1.54, 1.807) is 12.7 Å². The van der Waals surface area contributed by atoms with Gasteiger partial charge in [0.2, 0.25) is 0 Å². The van der Waals surface area contributed by atoms with Crippen LogP contribution in [0.3, 0.4) is 0 Å². The van der Waals surface area contributed by atoms with Crippen LogP contribution in [0.25, 0.3) is 11.2 Å². The van der Waals surface area contributed by atoms with Gasteiger partial charge in [-0.25, -0.2) is 15.0 Å². The van der Waals surface area contributed by atoms with Crippen molar-refractivity contribution in [2.24, 2.45) is 12.8 Å². The summed E-state index contributed by atoms with van der Waals surface area (Å²) in [7, 11) is 4.05. The first-order chi connectivity index (χ1) is 8.65. The van der Waals surface area contributed by atoms with Crippen LogP contribution >= 0.6 is 0 Å². The topological polar surface area (TPSA) is 72.9 Å². The molecule has 3 rings (SSSR count). The molecule has 6 heteroatoms. The monoisotopic (exact) mass is 246 g/mol. The van der Waals surface area contributed by atoms with E-state index in [4.69, 9.17) is 5.73 Å². The fourth-order valence-electron chi connectivity index (χ4n) is 2.83. The van der Waals surface area contributed by atoms with Crippen molar-refractivity contribution in [2.75, 3.05) is 20.1 Å². The molecule has 3 heterocycles. The van der Waals surface area contributed by atoms with Crippen molar-refractivity contribution in [3.8, 4) is 0 Å². The number of rotatable bonds is 1. The molecule has 18 heavy (non-hydrogen) atoms. The summed E-state index contributed by atoms with van der Waals surface area (Å²) in [6.07, 6.45) is 4.38. The minimum atomic E-state index is 0.211. The molecule has 0 aliphatic carbocycles. The number of hydrogen-bond donors (Lipinski definition) is 1. The molecule has 2 N–H and O–H groups in total. The number of likely N-dealkylation sites (N-methyl/N-ethyl adjacent to an activating group) is 1. The third-order valence-electron chi connectivity index (χ3n) is 3.58. The molecule has 1 aliphatic heterocycles. The number of nitrogens with zero attached hydrogens (tertiary/aromatic N) is 5. The molecule has 0 amide bonds. The Hall–Kier alpha value is -1.53. The lowest BCUT2D eigenvalue weighted by atomic mass is 9.91. The van der Waals surface area contributed by atoms with Crippen molar-refractivity contribution in [3.05, 3.63) is 18.3 Å². The van der Waals surface area contributed by atoms with Crippen molar-refractivity contribution in [2.45, 2.75) is 18.4 Å². The van der Waals surface area contributed by atoms with Gasteiger partial charge >= 0.3 is 0 Å². The molecule has 1 saturated heterocycles. The fourth-order valence-corrected chi connectivity index (χ4v) is 2.83. The molecule has 1 aliphatic rings. The Morgan fingerprint density at radius 3 is 2.83 bits per heavy atom. The van der Waals surface area contributed by atoms with Crippen LogP contribution in [0.2, 0.25) is 0 Å². The molecule has 2 atom stereocenters. The summed E-state index contributed by atoms with van der Waals surface area (Å²) in [4.78, 5) is 15.4. The molecule has 0 aromatic carbocycles. The van der Waals surface area contributed by atoms with Gasteiger partial charge in [-0.3, -0.25) is 0 Å². The maximum absolute atomic E-state index is 6.09. The Balaban J connectivity index is 2.03. The maximum atomic E-state index is 6.09. The summed E-state index contributed by atoms with van der Waals surface area (Å²) in [6, 6.07) is 0.211. The second-order valence-corrected chi connectivity index (χ2v) is 5.20. The van der Waals surface area contributed by atoms with Gasteiger partial charge in [0.15, 0.2) is 5.65 Å². The molecule has 96 valence electrons. The average molecular weight is 246 g/mol. The van der Waals surface area contributed by atoms with Crippen LogP contribution in [-0.2, 0) is 7.05 Å². The Kier molecular flexibility index (Phi) is 2.76. The average Bonchev–Trinajstić information content (AvgIpc) is 2.70. The standard InChI is InChI=1S/C12H18N6/c1-17-4-8(3-9(13)5-17)10-11-12(15-6-14-10)18(2)7-16-11/h6-9H,3-5,13H2,1-2H3. The Bertz CT molecular complexity index is 553. The highest BCUT2D eigenvalue weighted by atomic mass is 15.1. The number of aromatic nitrogens is 4. The second kappa shape index (κ2) is 4.29. The highest BCUT2D eigenvalue weighted by molar-refractivity contribution is 5.73. The number of imidazole rings is 1. The minimum Gasteiger partial charge on any atom is -0.327 e. The zero-order valence-corrected chi connectivity index (χ0v) is 10.7. The molecule has 2 aromatic heterocycles. The van der Waals surface area contributed by atoms with Crippen LogP contribution in [0.15, 0.2) is 12.7 Å². The number of hydrogen-bond acceptors (Lipinski definition) is 5. The third-order valence-corrected chi connectivity index (χ3v) is 3.58. The van der Waals surface area contributed by atoms with Crippen molar-refractivity contribution >= 4 is 11.2 Å². The largest absolute Gasteiger partial charge is 0.327 e. The molecule has 0 saturated carbocycles. The second-order valence-electron chi connectivity index (χ2n) is 5.20. The van der Waals surface area contributed by atoms with Gasteiger partial charge in [0.25, 0.3) is 0 Å². The number of fused-ring (bicyclic) bond motifs is 1. The lowest BCUT2D eigenvalue weighted by molar-refractivity contribution is 0.225. The zero-order valence-electron chi connectivity index (χ0n) is 10.7. The first-order valence-electron chi connectivity index (χ1n) is 6.21. The lowest BCUT2D eigenvalue weighted by Crippen LogP contribution is -2.44.